The minimum absolute atomic E-state index is 0.169. The van der Waals surface area contributed by atoms with Crippen LogP contribution in [-0.2, 0) is 11.8 Å². The third-order valence-corrected chi connectivity index (χ3v) is 5.04. The van der Waals surface area contributed by atoms with Crippen molar-refractivity contribution >= 4 is 35.5 Å². The zero-order valence-electron chi connectivity index (χ0n) is 15.3. The Morgan fingerprint density at radius 2 is 2.07 bits per heavy atom. The largest absolute Gasteiger partial charge is 0.497 e. The third kappa shape index (κ3) is 5.11. The monoisotopic (exact) mass is 415 g/mol. The van der Waals surface area contributed by atoms with Gasteiger partial charge in [0.15, 0.2) is 11.0 Å². The van der Waals surface area contributed by atoms with Gasteiger partial charge in [-0.25, -0.2) is 5.43 Å². The van der Waals surface area contributed by atoms with Crippen molar-refractivity contribution in [3.8, 4) is 17.1 Å². The van der Waals surface area contributed by atoms with Crippen LogP contribution >= 0.6 is 23.4 Å². The Kier molecular flexibility index (Phi) is 6.67. The number of thioether (sulfide) groups is 1. The van der Waals surface area contributed by atoms with Crippen LogP contribution in [0.25, 0.3) is 11.4 Å². The van der Waals surface area contributed by atoms with Crippen LogP contribution in [0.1, 0.15) is 5.56 Å². The summed E-state index contributed by atoms with van der Waals surface area (Å²) in [7, 11) is 3.45. The molecule has 0 bridgehead atoms. The summed E-state index contributed by atoms with van der Waals surface area (Å²) in [5.41, 5.74) is 4.23. The topological polar surface area (TPSA) is 81.4 Å². The molecule has 0 aliphatic heterocycles. The van der Waals surface area contributed by atoms with Crippen LogP contribution in [0.5, 0.6) is 5.75 Å². The van der Waals surface area contributed by atoms with Crippen LogP contribution in [-0.4, -0.2) is 39.7 Å². The smallest absolute Gasteiger partial charge is 0.250 e. The summed E-state index contributed by atoms with van der Waals surface area (Å²) in [6.07, 6.45) is 1.56. The summed E-state index contributed by atoms with van der Waals surface area (Å²) < 4.78 is 6.98. The van der Waals surface area contributed by atoms with Crippen LogP contribution in [0.4, 0.5) is 0 Å². The lowest BCUT2D eigenvalue weighted by Crippen LogP contribution is -2.19. The second-order valence-corrected chi connectivity index (χ2v) is 7.11. The lowest BCUT2D eigenvalue weighted by Gasteiger charge is -2.04. The molecule has 1 heterocycles. The van der Waals surface area contributed by atoms with Gasteiger partial charge in [0.2, 0.25) is 0 Å². The number of hydrazone groups is 1. The fourth-order valence-electron chi connectivity index (χ4n) is 2.35. The van der Waals surface area contributed by atoms with Crippen LogP contribution in [0, 0.1) is 0 Å². The maximum Gasteiger partial charge on any atom is 0.250 e. The second-order valence-electron chi connectivity index (χ2n) is 5.73. The maximum atomic E-state index is 12.0. The molecule has 0 fully saturated rings. The zero-order chi connectivity index (χ0) is 19.9. The molecule has 0 saturated carbocycles. The molecule has 1 N–H and O–H groups in total. The van der Waals surface area contributed by atoms with Crippen molar-refractivity contribution in [2.75, 3.05) is 12.9 Å². The summed E-state index contributed by atoms with van der Waals surface area (Å²) in [5, 5.41) is 13.6. The number of halogens is 1. The molecular formula is C19H18ClN5O2S. The first-order valence-corrected chi connectivity index (χ1v) is 9.67. The molecule has 1 amide bonds. The highest BCUT2D eigenvalue weighted by Crippen LogP contribution is 2.23. The summed E-state index contributed by atoms with van der Waals surface area (Å²) in [4.78, 5) is 12.0. The van der Waals surface area contributed by atoms with Crippen molar-refractivity contribution < 1.29 is 9.53 Å². The Hall–Kier alpha value is -2.84. The molecule has 0 radical (unpaired) electrons. The Morgan fingerprint density at radius 3 is 2.82 bits per heavy atom. The van der Waals surface area contributed by atoms with Crippen molar-refractivity contribution in [2.45, 2.75) is 5.16 Å². The first-order valence-electron chi connectivity index (χ1n) is 8.31. The molecule has 0 aliphatic carbocycles. The molecule has 0 aliphatic rings. The number of aromatic nitrogens is 3. The summed E-state index contributed by atoms with van der Waals surface area (Å²) >= 11 is 7.20. The lowest BCUT2D eigenvalue weighted by atomic mass is 10.2. The first-order chi connectivity index (χ1) is 13.6. The molecule has 7 nitrogen and oxygen atoms in total. The summed E-state index contributed by atoms with van der Waals surface area (Å²) in [5.74, 6) is 1.36. The number of amides is 1. The molecule has 3 aromatic rings. The number of hydrogen-bond donors (Lipinski definition) is 1. The number of ether oxygens (including phenoxy) is 1. The van der Waals surface area contributed by atoms with Gasteiger partial charge >= 0.3 is 0 Å². The number of carbonyl (C=O) groups is 1. The standard InChI is InChI=1S/C19H18ClN5O2S/c1-25-18(14-6-8-15(20)9-7-14)23-24-19(25)28-12-17(26)22-21-11-13-4-3-5-16(10-13)27-2/h3-11H,12H2,1-2H3,(H,22,26). The van der Waals surface area contributed by atoms with E-state index in [4.69, 9.17) is 16.3 Å². The Morgan fingerprint density at radius 1 is 1.29 bits per heavy atom. The Bertz CT molecular complexity index is 988. The predicted octanol–water partition coefficient (Wildman–Crippen LogP) is 3.39. The minimum atomic E-state index is -0.236. The van der Waals surface area contributed by atoms with Gasteiger partial charge in [-0.2, -0.15) is 5.10 Å². The maximum absolute atomic E-state index is 12.0. The zero-order valence-corrected chi connectivity index (χ0v) is 16.9. The number of hydrogen-bond acceptors (Lipinski definition) is 6. The van der Waals surface area contributed by atoms with E-state index >= 15 is 0 Å². The fourth-order valence-corrected chi connectivity index (χ4v) is 3.18. The van der Waals surface area contributed by atoms with Gasteiger partial charge in [0, 0.05) is 17.6 Å². The molecule has 0 spiro atoms. The summed E-state index contributed by atoms with van der Waals surface area (Å²) in [6, 6.07) is 14.7. The molecule has 1 aromatic heterocycles. The van der Waals surface area contributed by atoms with Gasteiger partial charge in [-0.15, -0.1) is 10.2 Å². The fraction of sp³-hybridized carbons (Fsp3) is 0.158. The highest BCUT2D eigenvalue weighted by molar-refractivity contribution is 7.99. The van der Waals surface area contributed by atoms with Gasteiger partial charge in [-0.05, 0) is 42.0 Å². The van der Waals surface area contributed by atoms with Crippen LogP contribution in [0.15, 0.2) is 58.8 Å². The molecule has 0 saturated heterocycles. The Labute approximate surface area is 171 Å². The van der Waals surface area contributed by atoms with E-state index in [0.717, 1.165) is 16.9 Å². The van der Waals surface area contributed by atoms with Crippen LogP contribution < -0.4 is 10.2 Å². The highest BCUT2D eigenvalue weighted by Gasteiger charge is 2.12. The molecule has 3 rings (SSSR count). The average Bonchev–Trinajstić information content (AvgIpc) is 3.07. The summed E-state index contributed by atoms with van der Waals surface area (Å²) in [6.45, 7) is 0. The third-order valence-electron chi connectivity index (χ3n) is 3.77. The molecule has 144 valence electrons. The van der Waals surface area contributed by atoms with Crippen LogP contribution in [0.2, 0.25) is 5.02 Å². The second kappa shape index (κ2) is 9.38. The van der Waals surface area contributed by atoms with E-state index in [9.17, 15) is 4.79 Å². The quantitative estimate of drug-likeness (QED) is 0.363. The van der Waals surface area contributed by atoms with E-state index in [0.29, 0.717) is 16.0 Å². The minimum Gasteiger partial charge on any atom is -0.497 e. The van der Waals surface area contributed by atoms with Gasteiger partial charge in [-0.3, -0.25) is 4.79 Å². The lowest BCUT2D eigenvalue weighted by molar-refractivity contribution is -0.118. The average molecular weight is 416 g/mol. The normalized spacial score (nSPS) is 11.0. The number of nitrogens with one attached hydrogen (secondary N) is 1. The SMILES string of the molecule is COc1cccc(C=NNC(=O)CSc2nnc(-c3ccc(Cl)cc3)n2C)c1. The van der Waals surface area contributed by atoms with E-state index < -0.39 is 0 Å². The van der Waals surface area contributed by atoms with Crippen molar-refractivity contribution in [3.05, 3.63) is 59.1 Å². The van der Waals surface area contributed by atoms with Gasteiger partial charge in [0.1, 0.15) is 5.75 Å². The molecule has 0 unspecified atom stereocenters. The van der Waals surface area contributed by atoms with E-state index in [-0.39, 0.29) is 11.7 Å². The highest BCUT2D eigenvalue weighted by atomic mass is 35.5. The molecule has 0 atom stereocenters. The first kappa shape index (κ1) is 19.9. The van der Waals surface area contributed by atoms with Crippen molar-refractivity contribution in [1.82, 2.24) is 20.2 Å². The number of nitrogens with zero attached hydrogens (tertiary/aromatic N) is 4. The number of rotatable bonds is 7. The van der Waals surface area contributed by atoms with Gasteiger partial charge in [-0.1, -0.05) is 35.5 Å². The number of methoxy groups -OCH3 is 1. The Balaban J connectivity index is 1.54. The number of carbonyl (C=O) groups excluding carboxylic acids is 1. The van der Waals surface area contributed by atoms with E-state index in [2.05, 4.69) is 20.7 Å². The molecule has 9 heteroatoms. The van der Waals surface area contributed by atoms with Crippen molar-refractivity contribution in [1.29, 1.82) is 0 Å². The molecule has 2 aromatic carbocycles. The predicted molar refractivity (Wildman–Crippen MR) is 111 cm³/mol. The molecular weight excluding hydrogens is 398 g/mol. The van der Waals surface area contributed by atoms with Crippen molar-refractivity contribution in [3.63, 3.8) is 0 Å². The van der Waals surface area contributed by atoms with E-state index in [1.165, 1.54) is 11.8 Å². The van der Waals surface area contributed by atoms with E-state index in [1.54, 1.807) is 25.5 Å². The number of benzene rings is 2. The van der Waals surface area contributed by atoms with Gasteiger partial charge < -0.3 is 9.30 Å². The van der Waals surface area contributed by atoms with Gasteiger partial charge in [0.05, 0.1) is 19.1 Å². The van der Waals surface area contributed by atoms with E-state index in [1.807, 2.05) is 48.0 Å². The van der Waals surface area contributed by atoms with Gasteiger partial charge in [0.25, 0.3) is 5.91 Å². The van der Waals surface area contributed by atoms with Crippen molar-refractivity contribution in [2.24, 2.45) is 12.1 Å². The molecule has 28 heavy (non-hydrogen) atoms. The van der Waals surface area contributed by atoms with Crippen LogP contribution in [0.3, 0.4) is 0 Å².